The van der Waals surface area contributed by atoms with Gasteiger partial charge in [0.1, 0.15) is 5.52 Å². The molecule has 0 aliphatic carbocycles. The average molecular weight is 224 g/mol. The van der Waals surface area contributed by atoms with Crippen molar-refractivity contribution in [3.05, 3.63) is 29.0 Å². The standard InChI is InChI=1S/C8H6BrN3/c9-5-3-6(10)8-7(4-5)11-1-2-12-8/h1-4H,10H2. The van der Waals surface area contributed by atoms with Crippen LogP contribution in [0.15, 0.2) is 29.0 Å². The molecule has 2 aromatic rings. The van der Waals surface area contributed by atoms with Crippen molar-refractivity contribution in [2.45, 2.75) is 0 Å². The largest absolute Gasteiger partial charge is 0.397 e. The van der Waals surface area contributed by atoms with Crippen LogP contribution in [0.5, 0.6) is 0 Å². The van der Waals surface area contributed by atoms with E-state index in [0.29, 0.717) is 5.69 Å². The molecule has 1 heterocycles. The molecule has 0 atom stereocenters. The lowest BCUT2D eigenvalue weighted by Crippen LogP contribution is -1.90. The fraction of sp³-hybridized carbons (Fsp3) is 0. The quantitative estimate of drug-likeness (QED) is 0.696. The molecule has 2 N–H and O–H groups in total. The predicted molar refractivity (Wildman–Crippen MR) is 51.7 cm³/mol. The Morgan fingerprint density at radius 3 is 2.75 bits per heavy atom. The summed E-state index contributed by atoms with van der Waals surface area (Å²) in [7, 11) is 0. The zero-order chi connectivity index (χ0) is 8.55. The number of halogens is 1. The number of nitrogens with two attached hydrogens (primary N) is 1. The Balaban J connectivity index is 2.89. The van der Waals surface area contributed by atoms with Gasteiger partial charge in [0.05, 0.1) is 11.2 Å². The van der Waals surface area contributed by atoms with Crippen LogP contribution in [0.3, 0.4) is 0 Å². The molecule has 1 aromatic carbocycles. The fourth-order valence-electron chi connectivity index (χ4n) is 1.07. The van der Waals surface area contributed by atoms with E-state index in [1.807, 2.05) is 12.1 Å². The summed E-state index contributed by atoms with van der Waals surface area (Å²) in [6, 6.07) is 3.70. The third-order valence-electron chi connectivity index (χ3n) is 1.57. The average Bonchev–Trinajstić information content (AvgIpc) is 2.04. The topological polar surface area (TPSA) is 51.8 Å². The minimum Gasteiger partial charge on any atom is -0.397 e. The van der Waals surface area contributed by atoms with E-state index in [1.54, 1.807) is 12.4 Å². The summed E-state index contributed by atoms with van der Waals surface area (Å²) in [5.41, 5.74) is 7.93. The molecule has 0 fully saturated rings. The molecule has 0 radical (unpaired) electrons. The maximum absolute atomic E-state index is 5.72. The first kappa shape index (κ1) is 7.49. The molecular weight excluding hydrogens is 218 g/mol. The Labute approximate surface area is 77.8 Å². The number of rotatable bonds is 0. The van der Waals surface area contributed by atoms with Crippen LogP contribution in [-0.2, 0) is 0 Å². The molecule has 0 amide bonds. The van der Waals surface area contributed by atoms with E-state index in [0.717, 1.165) is 15.5 Å². The van der Waals surface area contributed by atoms with Crippen molar-refractivity contribution in [3.8, 4) is 0 Å². The van der Waals surface area contributed by atoms with Crippen LogP contribution in [0.2, 0.25) is 0 Å². The van der Waals surface area contributed by atoms with E-state index in [9.17, 15) is 0 Å². The highest BCUT2D eigenvalue weighted by molar-refractivity contribution is 9.10. The normalized spacial score (nSPS) is 10.4. The van der Waals surface area contributed by atoms with Crippen molar-refractivity contribution in [3.63, 3.8) is 0 Å². The molecule has 12 heavy (non-hydrogen) atoms. The molecule has 0 spiro atoms. The summed E-state index contributed by atoms with van der Waals surface area (Å²) >= 11 is 3.34. The Hall–Kier alpha value is -1.16. The number of benzene rings is 1. The molecule has 2 rings (SSSR count). The Morgan fingerprint density at radius 2 is 1.92 bits per heavy atom. The van der Waals surface area contributed by atoms with Crippen LogP contribution >= 0.6 is 15.9 Å². The van der Waals surface area contributed by atoms with Gasteiger partial charge in [-0.25, -0.2) is 0 Å². The van der Waals surface area contributed by atoms with Gasteiger partial charge in [0, 0.05) is 16.9 Å². The van der Waals surface area contributed by atoms with Crippen LogP contribution in [0.4, 0.5) is 5.69 Å². The number of hydrogen-bond donors (Lipinski definition) is 1. The number of fused-ring (bicyclic) bond motifs is 1. The van der Waals surface area contributed by atoms with E-state index in [2.05, 4.69) is 25.9 Å². The second-order valence-corrected chi connectivity index (χ2v) is 3.33. The molecule has 0 saturated carbocycles. The van der Waals surface area contributed by atoms with E-state index in [-0.39, 0.29) is 0 Å². The SMILES string of the molecule is Nc1cc(Br)cc2nccnc12. The van der Waals surface area contributed by atoms with Gasteiger partial charge in [0.25, 0.3) is 0 Å². The smallest absolute Gasteiger partial charge is 0.112 e. The molecular formula is C8H6BrN3. The van der Waals surface area contributed by atoms with E-state index in [1.165, 1.54) is 0 Å². The minimum absolute atomic E-state index is 0.646. The highest BCUT2D eigenvalue weighted by Gasteiger charge is 2.00. The van der Waals surface area contributed by atoms with Crippen molar-refractivity contribution < 1.29 is 0 Å². The van der Waals surface area contributed by atoms with Crippen LogP contribution in [0.25, 0.3) is 11.0 Å². The summed E-state index contributed by atoms with van der Waals surface area (Å²) in [4.78, 5) is 8.24. The first-order valence-corrected chi connectivity index (χ1v) is 4.22. The number of nitrogen functional groups attached to an aromatic ring is 1. The lowest BCUT2D eigenvalue weighted by molar-refractivity contribution is 1.29. The van der Waals surface area contributed by atoms with Gasteiger partial charge in [-0.2, -0.15) is 0 Å². The Bertz CT molecular complexity index is 428. The Morgan fingerprint density at radius 1 is 1.17 bits per heavy atom. The molecule has 0 saturated heterocycles. The lowest BCUT2D eigenvalue weighted by atomic mass is 10.2. The molecule has 3 nitrogen and oxygen atoms in total. The van der Waals surface area contributed by atoms with Crippen molar-refractivity contribution in [1.29, 1.82) is 0 Å². The second-order valence-electron chi connectivity index (χ2n) is 2.42. The third kappa shape index (κ3) is 1.14. The van der Waals surface area contributed by atoms with Gasteiger partial charge in [-0.05, 0) is 12.1 Å². The van der Waals surface area contributed by atoms with Crippen molar-refractivity contribution in [1.82, 2.24) is 9.97 Å². The highest BCUT2D eigenvalue weighted by Crippen LogP contribution is 2.22. The molecule has 0 bridgehead atoms. The molecule has 0 aliphatic heterocycles. The summed E-state index contributed by atoms with van der Waals surface area (Å²) in [6.07, 6.45) is 3.28. The van der Waals surface area contributed by atoms with E-state index < -0.39 is 0 Å². The zero-order valence-electron chi connectivity index (χ0n) is 6.16. The van der Waals surface area contributed by atoms with Gasteiger partial charge in [-0.15, -0.1) is 0 Å². The lowest BCUT2D eigenvalue weighted by Gasteiger charge is -1.99. The zero-order valence-corrected chi connectivity index (χ0v) is 7.75. The summed E-state index contributed by atoms with van der Waals surface area (Å²) in [5, 5.41) is 0. The summed E-state index contributed by atoms with van der Waals surface area (Å²) in [6.45, 7) is 0. The van der Waals surface area contributed by atoms with Crippen molar-refractivity contribution >= 4 is 32.7 Å². The predicted octanol–water partition coefficient (Wildman–Crippen LogP) is 1.97. The number of anilines is 1. The van der Waals surface area contributed by atoms with E-state index in [4.69, 9.17) is 5.73 Å². The van der Waals surface area contributed by atoms with Gasteiger partial charge in [0.15, 0.2) is 0 Å². The van der Waals surface area contributed by atoms with Gasteiger partial charge >= 0.3 is 0 Å². The number of aromatic nitrogens is 2. The van der Waals surface area contributed by atoms with Gasteiger partial charge < -0.3 is 5.73 Å². The first-order chi connectivity index (χ1) is 5.77. The van der Waals surface area contributed by atoms with Gasteiger partial charge in [0.2, 0.25) is 0 Å². The monoisotopic (exact) mass is 223 g/mol. The third-order valence-corrected chi connectivity index (χ3v) is 2.03. The van der Waals surface area contributed by atoms with Crippen molar-refractivity contribution in [2.24, 2.45) is 0 Å². The molecule has 4 heteroatoms. The summed E-state index contributed by atoms with van der Waals surface area (Å²) < 4.78 is 0.924. The molecule has 0 unspecified atom stereocenters. The fourth-order valence-corrected chi connectivity index (χ4v) is 1.53. The van der Waals surface area contributed by atoms with Crippen LogP contribution in [0, 0.1) is 0 Å². The van der Waals surface area contributed by atoms with Gasteiger partial charge in [-0.1, -0.05) is 15.9 Å². The van der Waals surface area contributed by atoms with E-state index >= 15 is 0 Å². The van der Waals surface area contributed by atoms with Gasteiger partial charge in [-0.3, -0.25) is 9.97 Å². The second kappa shape index (κ2) is 2.71. The Kier molecular flexibility index (Phi) is 1.69. The number of hydrogen-bond acceptors (Lipinski definition) is 3. The highest BCUT2D eigenvalue weighted by atomic mass is 79.9. The molecule has 60 valence electrons. The summed E-state index contributed by atoms with van der Waals surface area (Å²) in [5.74, 6) is 0. The molecule has 1 aromatic heterocycles. The van der Waals surface area contributed by atoms with Crippen LogP contribution in [-0.4, -0.2) is 9.97 Å². The van der Waals surface area contributed by atoms with Crippen molar-refractivity contribution in [2.75, 3.05) is 5.73 Å². The first-order valence-electron chi connectivity index (χ1n) is 3.43. The maximum Gasteiger partial charge on any atom is 0.112 e. The van der Waals surface area contributed by atoms with Crippen LogP contribution < -0.4 is 5.73 Å². The minimum atomic E-state index is 0.646. The van der Waals surface area contributed by atoms with Crippen LogP contribution in [0.1, 0.15) is 0 Å². The number of nitrogens with zero attached hydrogens (tertiary/aromatic N) is 2. The maximum atomic E-state index is 5.72. The molecule has 0 aliphatic rings.